The largest absolute Gasteiger partial charge is 1.18 e. The van der Waals surface area contributed by atoms with Crippen molar-refractivity contribution in [1.29, 1.82) is 0 Å². The Balaban J connectivity index is 1.80. The molecule has 1 spiro atoms. The molecule has 0 N–H and O–H groups in total. The summed E-state index contributed by atoms with van der Waals surface area (Å²) >= 11 is 0. The van der Waals surface area contributed by atoms with Crippen LogP contribution in [0.2, 0.25) is 0 Å². The lowest BCUT2D eigenvalue weighted by atomic mass is 10.1. The summed E-state index contributed by atoms with van der Waals surface area (Å²) in [5.74, 6) is 1.87. The Morgan fingerprint density at radius 2 is 1.17 bits per heavy atom. The summed E-state index contributed by atoms with van der Waals surface area (Å²) in [6.07, 6.45) is 0. The fourth-order valence-corrected chi connectivity index (χ4v) is 7.47. The average Bonchev–Trinajstić information content (AvgIpc) is 2.95. The molecule has 0 radical (unpaired) electrons. The van der Waals surface area contributed by atoms with Crippen LogP contribution in [0.5, 0.6) is 11.5 Å². The normalized spacial score (nSPS) is 20.1. The molecule has 5 rings (SSSR count). The predicted octanol–water partition coefficient (Wildman–Crippen LogP) is 2.26. The molecule has 3 aliphatic heterocycles. The molecule has 1 saturated heterocycles. The standard InChI is InChI=1S/C18H18N2O2Si/c1-13-15-7-3-5-9-17(15)21-23-19(13)11-12-20(23)14(2)16-8-4-6-10-18(16)22-23/h3-10H,11-12H2,1-2H3/q+2. The Kier molecular flexibility index (Phi) is 2.46. The lowest BCUT2D eigenvalue weighted by Crippen LogP contribution is -2.67. The van der Waals surface area contributed by atoms with Crippen molar-refractivity contribution in [3.8, 4) is 11.5 Å². The number of hydrogen-bond acceptors (Lipinski definition) is 2. The van der Waals surface area contributed by atoms with E-state index in [0.29, 0.717) is 0 Å². The first-order chi connectivity index (χ1) is 11.2. The Hall–Kier alpha value is -2.40. The van der Waals surface area contributed by atoms with Crippen LogP contribution in [0.25, 0.3) is 0 Å². The molecular weight excluding hydrogens is 304 g/mol. The molecule has 0 saturated carbocycles. The van der Waals surface area contributed by atoms with Gasteiger partial charge in [0.1, 0.15) is 11.5 Å². The van der Waals surface area contributed by atoms with Crippen molar-refractivity contribution < 1.29 is 17.3 Å². The predicted molar refractivity (Wildman–Crippen MR) is 89.7 cm³/mol. The number of rotatable bonds is 0. The van der Waals surface area contributed by atoms with Gasteiger partial charge < -0.3 is 8.85 Å². The first kappa shape index (κ1) is 13.1. The SMILES string of the molecule is CC1=[N+]2CC[N+]3=C(C)c4ccccc4O[Si]23Oc2ccccc21. The zero-order valence-corrected chi connectivity index (χ0v) is 14.2. The van der Waals surface area contributed by atoms with E-state index in [9.17, 15) is 0 Å². The number of benzene rings is 2. The fraction of sp³-hybridized carbons (Fsp3) is 0.222. The Labute approximate surface area is 136 Å². The maximum Gasteiger partial charge on any atom is 1.18 e. The number of nitrogens with zero attached hydrogens (tertiary/aromatic N) is 2. The second kappa shape index (κ2) is 4.32. The molecule has 23 heavy (non-hydrogen) atoms. The van der Waals surface area contributed by atoms with Crippen LogP contribution in [-0.4, -0.2) is 41.9 Å². The lowest BCUT2D eigenvalue weighted by molar-refractivity contribution is -0.493. The van der Waals surface area contributed by atoms with Gasteiger partial charge in [0.2, 0.25) is 0 Å². The monoisotopic (exact) mass is 322 g/mol. The summed E-state index contributed by atoms with van der Waals surface area (Å²) in [7, 11) is -2.70. The highest BCUT2D eigenvalue weighted by Crippen LogP contribution is 2.36. The van der Waals surface area contributed by atoms with E-state index < -0.39 is 8.88 Å². The van der Waals surface area contributed by atoms with Crippen molar-refractivity contribution >= 4 is 20.3 Å². The first-order valence-electron chi connectivity index (χ1n) is 8.00. The van der Waals surface area contributed by atoms with Gasteiger partial charge in [-0.2, -0.15) is 8.48 Å². The average molecular weight is 322 g/mol. The molecule has 5 heteroatoms. The highest BCUT2D eigenvalue weighted by Gasteiger charge is 2.86. The maximum atomic E-state index is 6.57. The number of fused-ring (bicyclic) bond motifs is 2. The highest BCUT2D eigenvalue weighted by molar-refractivity contribution is 6.55. The quantitative estimate of drug-likeness (QED) is 0.695. The number of hydrogen-bond donors (Lipinski definition) is 0. The summed E-state index contributed by atoms with van der Waals surface area (Å²) in [5.41, 5.74) is 4.86. The van der Waals surface area contributed by atoms with Crippen LogP contribution in [0.3, 0.4) is 0 Å². The van der Waals surface area contributed by atoms with E-state index in [4.69, 9.17) is 8.85 Å². The second-order valence-corrected chi connectivity index (χ2v) is 8.80. The van der Waals surface area contributed by atoms with Crippen molar-refractivity contribution in [3.05, 3.63) is 59.7 Å². The molecule has 0 amide bonds. The zero-order chi connectivity index (χ0) is 15.6. The van der Waals surface area contributed by atoms with E-state index in [1.165, 1.54) is 22.6 Å². The van der Waals surface area contributed by atoms with E-state index >= 15 is 0 Å². The van der Waals surface area contributed by atoms with E-state index in [1.54, 1.807) is 0 Å². The van der Waals surface area contributed by atoms with Gasteiger partial charge in [0.05, 0.1) is 11.1 Å². The van der Waals surface area contributed by atoms with Crippen LogP contribution < -0.4 is 8.85 Å². The molecule has 3 heterocycles. The Morgan fingerprint density at radius 3 is 1.65 bits per heavy atom. The topological polar surface area (TPSA) is 24.5 Å². The minimum atomic E-state index is -2.70. The van der Waals surface area contributed by atoms with Gasteiger partial charge in [0.25, 0.3) is 0 Å². The van der Waals surface area contributed by atoms with Crippen LogP contribution in [0.15, 0.2) is 48.5 Å². The van der Waals surface area contributed by atoms with Crippen LogP contribution in [0.1, 0.15) is 25.0 Å². The third-order valence-corrected chi connectivity index (χ3v) is 8.53. The molecule has 3 aliphatic rings. The molecule has 0 atom stereocenters. The molecule has 1 fully saturated rings. The van der Waals surface area contributed by atoms with Gasteiger partial charge >= 0.3 is 8.88 Å². The van der Waals surface area contributed by atoms with Crippen LogP contribution in [0.4, 0.5) is 0 Å². The van der Waals surface area contributed by atoms with Gasteiger partial charge in [-0.1, -0.05) is 24.3 Å². The molecule has 0 aliphatic carbocycles. The molecule has 0 unspecified atom stereocenters. The molecular formula is C18H18N2O2Si+2. The third-order valence-electron chi connectivity index (χ3n) is 5.08. The maximum absolute atomic E-state index is 6.57. The van der Waals surface area contributed by atoms with Gasteiger partial charge in [-0.3, -0.25) is 0 Å². The van der Waals surface area contributed by atoms with Gasteiger partial charge in [0, 0.05) is 13.8 Å². The first-order valence-corrected chi connectivity index (χ1v) is 9.71. The highest BCUT2D eigenvalue weighted by atomic mass is 28.4. The third kappa shape index (κ3) is 1.55. The van der Waals surface area contributed by atoms with Gasteiger partial charge in [-0.05, 0) is 24.3 Å². The zero-order valence-electron chi connectivity index (χ0n) is 13.2. The van der Waals surface area contributed by atoms with Crippen LogP contribution >= 0.6 is 0 Å². The summed E-state index contributed by atoms with van der Waals surface area (Å²) in [6, 6.07) is 16.5. The van der Waals surface area contributed by atoms with Gasteiger partial charge in [-0.15, -0.1) is 0 Å². The minimum absolute atomic E-state index is 0.937. The van der Waals surface area contributed by atoms with Crippen molar-refractivity contribution in [3.63, 3.8) is 0 Å². The molecule has 0 aromatic heterocycles. The summed E-state index contributed by atoms with van der Waals surface area (Å²) in [6.45, 7) is 6.24. The molecule has 0 bridgehead atoms. The minimum Gasteiger partial charge on any atom is -0.407 e. The van der Waals surface area contributed by atoms with E-state index in [1.807, 2.05) is 24.3 Å². The van der Waals surface area contributed by atoms with E-state index in [2.05, 4.69) is 46.6 Å². The van der Waals surface area contributed by atoms with Crippen LogP contribution in [-0.2, 0) is 0 Å². The van der Waals surface area contributed by atoms with Gasteiger partial charge in [-0.25, -0.2) is 0 Å². The van der Waals surface area contributed by atoms with E-state index in [-0.39, 0.29) is 0 Å². The lowest BCUT2D eigenvalue weighted by Gasteiger charge is -2.25. The smallest absolute Gasteiger partial charge is 0.407 e. The van der Waals surface area contributed by atoms with Crippen molar-refractivity contribution in [2.45, 2.75) is 13.8 Å². The molecule has 4 nitrogen and oxygen atoms in total. The fourth-order valence-electron chi connectivity index (χ4n) is 3.92. The van der Waals surface area contributed by atoms with E-state index in [0.717, 1.165) is 24.6 Å². The summed E-state index contributed by atoms with van der Waals surface area (Å²) in [5, 5.41) is 0. The Bertz CT molecular complexity index is 841. The summed E-state index contributed by atoms with van der Waals surface area (Å²) in [4.78, 5) is 0. The van der Waals surface area contributed by atoms with Crippen LogP contribution in [0, 0.1) is 0 Å². The van der Waals surface area contributed by atoms with Crippen molar-refractivity contribution in [1.82, 2.24) is 0 Å². The molecule has 2 aromatic rings. The molecule has 2 aromatic carbocycles. The Morgan fingerprint density at radius 1 is 0.739 bits per heavy atom. The van der Waals surface area contributed by atoms with Gasteiger partial charge in [0.15, 0.2) is 24.5 Å². The molecule has 114 valence electrons. The van der Waals surface area contributed by atoms with Crippen molar-refractivity contribution in [2.75, 3.05) is 13.1 Å². The number of para-hydroxylation sites is 2. The summed E-state index contributed by atoms with van der Waals surface area (Å²) < 4.78 is 17.9. The van der Waals surface area contributed by atoms with Crippen molar-refractivity contribution in [2.24, 2.45) is 0 Å². The second-order valence-electron chi connectivity index (χ2n) is 6.22.